The molecule has 13 heavy (non-hydrogen) atoms. The number of hydrogen-bond donors (Lipinski definition) is 0. The summed E-state index contributed by atoms with van der Waals surface area (Å²) in [6, 6.07) is 0.433. The summed E-state index contributed by atoms with van der Waals surface area (Å²) in [5.41, 5.74) is 0. The molecule has 2 atom stereocenters. The SMILES string of the molecule is CCC(C)N1CCC(CI)CC1=O. The maximum atomic E-state index is 11.7. The Balaban J connectivity index is 2.48. The molecule has 2 nitrogen and oxygen atoms in total. The first kappa shape index (κ1) is 11.3. The van der Waals surface area contributed by atoms with Crippen LogP contribution in [0.1, 0.15) is 33.1 Å². The van der Waals surface area contributed by atoms with Gasteiger partial charge in [-0.2, -0.15) is 0 Å². The maximum Gasteiger partial charge on any atom is 0.223 e. The Labute approximate surface area is 94.2 Å². The number of rotatable bonds is 3. The van der Waals surface area contributed by atoms with Crippen molar-refractivity contribution in [1.29, 1.82) is 0 Å². The van der Waals surface area contributed by atoms with Crippen LogP contribution in [0.15, 0.2) is 0 Å². The summed E-state index contributed by atoms with van der Waals surface area (Å²) in [7, 11) is 0. The molecule has 1 fully saturated rings. The maximum absolute atomic E-state index is 11.7. The second-order valence-electron chi connectivity index (χ2n) is 3.86. The van der Waals surface area contributed by atoms with Gasteiger partial charge in [0.2, 0.25) is 5.91 Å². The molecular weight excluding hydrogens is 277 g/mol. The second-order valence-corrected chi connectivity index (χ2v) is 4.74. The average Bonchev–Trinajstić information content (AvgIpc) is 2.16. The van der Waals surface area contributed by atoms with E-state index in [0.29, 0.717) is 17.9 Å². The van der Waals surface area contributed by atoms with Crippen LogP contribution < -0.4 is 0 Å². The highest BCUT2D eigenvalue weighted by Gasteiger charge is 2.27. The van der Waals surface area contributed by atoms with Gasteiger partial charge < -0.3 is 4.90 Å². The van der Waals surface area contributed by atoms with Crippen molar-refractivity contribution < 1.29 is 4.79 Å². The number of carbonyl (C=O) groups is 1. The predicted molar refractivity (Wildman–Crippen MR) is 63.1 cm³/mol. The van der Waals surface area contributed by atoms with Crippen molar-refractivity contribution in [1.82, 2.24) is 4.90 Å². The lowest BCUT2D eigenvalue weighted by Gasteiger charge is -2.35. The van der Waals surface area contributed by atoms with Crippen molar-refractivity contribution in [3.63, 3.8) is 0 Å². The average molecular weight is 295 g/mol. The van der Waals surface area contributed by atoms with Crippen LogP contribution in [0.4, 0.5) is 0 Å². The first-order valence-electron chi connectivity index (χ1n) is 5.04. The summed E-state index contributed by atoms with van der Waals surface area (Å²) in [5.74, 6) is 0.996. The molecule has 3 heteroatoms. The van der Waals surface area contributed by atoms with Crippen LogP contribution in [-0.2, 0) is 4.79 Å². The summed E-state index contributed by atoms with van der Waals surface area (Å²) in [5, 5.41) is 0. The molecule has 0 radical (unpaired) electrons. The van der Waals surface area contributed by atoms with Gasteiger partial charge in [-0.15, -0.1) is 0 Å². The fourth-order valence-corrected chi connectivity index (χ4v) is 2.48. The van der Waals surface area contributed by atoms with Gasteiger partial charge in [-0.1, -0.05) is 29.5 Å². The molecule has 0 saturated carbocycles. The van der Waals surface area contributed by atoms with E-state index in [4.69, 9.17) is 0 Å². The molecular formula is C10H18INO. The van der Waals surface area contributed by atoms with E-state index in [1.807, 2.05) is 4.90 Å². The van der Waals surface area contributed by atoms with E-state index < -0.39 is 0 Å². The fraction of sp³-hybridized carbons (Fsp3) is 0.900. The molecule has 2 unspecified atom stereocenters. The van der Waals surface area contributed by atoms with Crippen molar-refractivity contribution in [2.24, 2.45) is 5.92 Å². The summed E-state index contributed by atoms with van der Waals surface area (Å²) in [4.78, 5) is 13.7. The van der Waals surface area contributed by atoms with Crippen LogP contribution >= 0.6 is 22.6 Å². The molecule has 0 bridgehead atoms. The number of nitrogens with zero attached hydrogens (tertiary/aromatic N) is 1. The fourth-order valence-electron chi connectivity index (χ4n) is 1.73. The minimum atomic E-state index is 0.363. The largest absolute Gasteiger partial charge is 0.340 e. The standard InChI is InChI=1S/C10H18INO/c1-3-8(2)12-5-4-9(7-11)6-10(12)13/h8-9H,3-7H2,1-2H3. The molecule has 1 aliphatic heterocycles. The number of amides is 1. The molecule has 0 aliphatic carbocycles. The van der Waals surface area contributed by atoms with E-state index in [-0.39, 0.29) is 0 Å². The van der Waals surface area contributed by atoms with Gasteiger partial charge in [0.15, 0.2) is 0 Å². The number of piperidine rings is 1. The van der Waals surface area contributed by atoms with Gasteiger partial charge in [-0.05, 0) is 25.7 Å². The summed E-state index contributed by atoms with van der Waals surface area (Å²) >= 11 is 2.38. The molecule has 0 aromatic rings. The Hall–Kier alpha value is 0.200. The lowest BCUT2D eigenvalue weighted by atomic mass is 9.97. The molecule has 1 rings (SSSR count). The van der Waals surface area contributed by atoms with Crippen molar-refractivity contribution >= 4 is 28.5 Å². The van der Waals surface area contributed by atoms with E-state index in [1.165, 1.54) is 6.42 Å². The number of halogens is 1. The molecule has 0 spiro atoms. The lowest BCUT2D eigenvalue weighted by Crippen LogP contribution is -2.44. The second kappa shape index (κ2) is 5.17. The Kier molecular flexibility index (Phi) is 4.49. The van der Waals surface area contributed by atoms with Crippen molar-refractivity contribution in [3.8, 4) is 0 Å². The zero-order valence-electron chi connectivity index (χ0n) is 8.42. The molecule has 1 amide bonds. The number of hydrogen-bond acceptors (Lipinski definition) is 1. The highest BCUT2D eigenvalue weighted by Crippen LogP contribution is 2.22. The number of carbonyl (C=O) groups excluding carboxylic acids is 1. The molecule has 0 aromatic heterocycles. The van der Waals surface area contributed by atoms with Gasteiger partial charge in [0.1, 0.15) is 0 Å². The van der Waals surface area contributed by atoms with Crippen molar-refractivity contribution in [2.75, 3.05) is 11.0 Å². The van der Waals surface area contributed by atoms with Crippen LogP contribution in [0.3, 0.4) is 0 Å². The van der Waals surface area contributed by atoms with Crippen LogP contribution in [0.5, 0.6) is 0 Å². The quantitative estimate of drug-likeness (QED) is 0.578. The Morgan fingerprint density at radius 2 is 2.38 bits per heavy atom. The summed E-state index contributed by atoms with van der Waals surface area (Å²) in [6.45, 7) is 5.26. The first-order chi connectivity index (χ1) is 6.19. The molecule has 0 aromatic carbocycles. The minimum Gasteiger partial charge on any atom is -0.340 e. The summed E-state index contributed by atoms with van der Waals surface area (Å²) < 4.78 is 1.12. The zero-order valence-corrected chi connectivity index (χ0v) is 10.6. The van der Waals surface area contributed by atoms with Crippen LogP contribution in [-0.4, -0.2) is 27.8 Å². The Morgan fingerprint density at radius 1 is 1.69 bits per heavy atom. The van der Waals surface area contributed by atoms with Crippen LogP contribution in [0.25, 0.3) is 0 Å². The molecule has 1 saturated heterocycles. The van der Waals surface area contributed by atoms with E-state index >= 15 is 0 Å². The molecule has 0 N–H and O–H groups in total. The van der Waals surface area contributed by atoms with E-state index in [1.54, 1.807) is 0 Å². The molecule has 76 valence electrons. The summed E-state index contributed by atoms with van der Waals surface area (Å²) in [6.07, 6.45) is 3.03. The Bertz CT molecular complexity index is 184. The van der Waals surface area contributed by atoms with Crippen molar-refractivity contribution in [3.05, 3.63) is 0 Å². The first-order valence-corrected chi connectivity index (χ1v) is 6.57. The van der Waals surface area contributed by atoms with Gasteiger partial charge in [-0.25, -0.2) is 0 Å². The van der Waals surface area contributed by atoms with E-state index in [2.05, 4.69) is 36.4 Å². The smallest absolute Gasteiger partial charge is 0.223 e. The zero-order chi connectivity index (χ0) is 9.84. The van der Waals surface area contributed by atoms with E-state index in [9.17, 15) is 4.79 Å². The topological polar surface area (TPSA) is 20.3 Å². The monoisotopic (exact) mass is 295 g/mol. The third kappa shape index (κ3) is 2.82. The third-order valence-corrected chi connectivity index (χ3v) is 4.15. The Morgan fingerprint density at radius 3 is 2.85 bits per heavy atom. The normalized spacial score (nSPS) is 26.2. The number of likely N-dealkylation sites (tertiary alicyclic amines) is 1. The highest BCUT2D eigenvalue weighted by molar-refractivity contribution is 14.1. The van der Waals surface area contributed by atoms with Gasteiger partial charge in [-0.3, -0.25) is 4.79 Å². The highest BCUT2D eigenvalue weighted by atomic mass is 127. The molecule has 1 heterocycles. The van der Waals surface area contributed by atoms with Gasteiger partial charge in [0, 0.05) is 23.4 Å². The van der Waals surface area contributed by atoms with E-state index in [0.717, 1.165) is 23.8 Å². The van der Waals surface area contributed by atoms with Gasteiger partial charge in [0.25, 0.3) is 0 Å². The lowest BCUT2D eigenvalue weighted by molar-refractivity contribution is -0.136. The molecule has 1 aliphatic rings. The third-order valence-electron chi connectivity index (χ3n) is 2.90. The number of alkyl halides is 1. The van der Waals surface area contributed by atoms with Gasteiger partial charge >= 0.3 is 0 Å². The minimum absolute atomic E-state index is 0.363. The predicted octanol–water partition coefficient (Wildman–Crippen LogP) is 2.46. The van der Waals surface area contributed by atoms with Gasteiger partial charge in [0.05, 0.1) is 0 Å². The van der Waals surface area contributed by atoms with Crippen molar-refractivity contribution in [2.45, 2.75) is 39.2 Å². The van der Waals surface area contributed by atoms with Crippen LogP contribution in [0.2, 0.25) is 0 Å². The van der Waals surface area contributed by atoms with Crippen LogP contribution in [0, 0.1) is 5.92 Å².